The molecule has 0 aliphatic heterocycles. The van der Waals surface area contributed by atoms with Crippen molar-refractivity contribution in [1.82, 2.24) is 0 Å². The zero-order valence-electron chi connectivity index (χ0n) is 27.4. The summed E-state index contributed by atoms with van der Waals surface area (Å²) < 4.78 is 15.1. The number of hydrogen-bond donors (Lipinski definition) is 2. The van der Waals surface area contributed by atoms with Crippen LogP contribution in [0.4, 0.5) is 16.4 Å². The van der Waals surface area contributed by atoms with E-state index in [1.165, 1.54) is 0 Å². The Morgan fingerprint density at radius 1 is 1.10 bits per heavy atom. The molecule has 0 saturated carbocycles. The number of carbonyl (C=O) groups excluding carboxylic acids is 1. The van der Waals surface area contributed by atoms with Crippen LogP contribution in [0.3, 0.4) is 0 Å². The molecule has 1 aromatic heterocycles. The summed E-state index contributed by atoms with van der Waals surface area (Å²) in [5.74, 6) is -2.09. The Morgan fingerprint density at radius 2 is 1.77 bits per heavy atom. The minimum Gasteiger partial charge on any atom is -0.477 e. The third kappa shape index (κ3) is 14.0. The van der Waals surface area contributed by atoms with Gasteiger partial charge >= 0.3 is 11.9 Å². The molecule has 0 spiro atoms. The Balaban J connectivity index is 0.000000576. The van der Waals surface area contributed by atoms with Gasteiger partial charge in [-0.1, -0.05) is 31.5 Å². The van der Waals surface area contributed by atoms with Crippen molar-refractivity contribution in [2.45, 2.75) is 46.6 Å². The van der Waals surface area contributed by atoms with Crippen LogP contribution in [0.25, 0.3) is 6.08 Å². The fraction of sp³-hybridized carbons (Fsp3) is 0.424. The van der Waals surface area contributed by atoms with Crippen LogP contribution in [0.15, 0.2) is 46.2 Å². The highest BCUT2D eigenvalue weighted by Gasteiger charge is 2.18. The Labute approximate surface area is 289 Å². The zero-order chi connectivity index (χ0) is 36.1. The SMILES string of the molecule is C=C(C#N)C(=O)OCCOCCOCCCC.Cc1cc(N(CCO)C(C)C)ccc1N=Nc1sc(/C=C(\C#N)C(=O)O)c(Cl)c1C#N. The molecule has 0 amide bonds. The molecule has 0 saturated heterocycles. The fourth-order valence-electron chi connectivity index (χ4n) is 3.67. The monoisotopic (exact) mass is 698 g/mol. The largest absolute Gasteiger partial charge is 0.477 e. The number of carboxylic acids is 1. The molecule has 13 nitrogen and oxygen atoms in total. The maximum atomic E-state index is 11.1. The molecular weight excluding hydrogens is 660 g/mol. The van der Waals surface area contributed by atoms with E-state index in [1.807, 2.05) is 39.0 Å². The van der Waals surface area contributed by atoms with Gasteiger partial charge in [0, 0.05) is 24.9 Å². The highest BCUT2D eigenvalue weighted by molar-refractivity contribution is 7.17. The van der Waals surface area contributed by atoms with Gasteiger partial charge in [-0.2, -0.15) is 15.8 Å². The quantitative estimate of drug-likeness (QED) is 0.0555. The van der Waals surface area contributed by atoms with Gasteiger partial charge in [0.2, 0.25) is 0 Å². The first kappa shape index (κ1) is 41.4. The molecule has 48 heavy (non-hydrogen) atoms. The van der Waals surface area contributed by atoms with E-state index in [2.05, 4.69) is 28.6 Å². The number of rotatable bonds is 18. The molecule has 1 heterocycles. The van der Waals surface area contributed by atoms with Gasteiger partial charge in [0.1, 0.15) is 41.5 Å². The van der Waals surface area contributed by atoms with E-state index >= 15 is 0 Å². The van der Waals surface area contributed by atoms with Gasteiger partial charge in [-0.25, -0.2) is 9.59 Å². The number of unbranched alkanes of at least 4 members (excludes halogenated alkanes) is 1. The van der Waals surface area contributed by atoms with Crippen molar-refractivity contribution in [3.63, 3.8) is 0 Å². The van der Waals surface area contributed by atoms with E-state index in [4.69, 9.17) is 41.4 Å². The molecule has 0 aliphatic rings. The van der Waals surface area contributed by atoms with Crippen LogP contribution < -0.4 is 4.90 Å². The highest BCUT2D eigenvalue weighted by atomic mass is 35.5. The maximum Gasteiger partial charge on any atom is 0.348 e. The van der Waals surface area contributed by atoms with E-state index in [1.54, 1.807) is 18.2 Å². The van der Waals surface area contributed by atoms with Gasteiger partial charge in [-0.15, -0.1) is 21.6 Å². The van der Waals surface area contributed by atoms with Crippen LogP contribution in [0.5, 0.6) is 0 Å². The van der Waals surface area contributed by atoms with Gasteiger partial charge < -0.3 is 29.3 Å². The number of thiophene rings is 1. The number of halogens is 1. The summed E-state index contributed by atoms with van der Waals surface area (Å²) in [4.78, 5) is 24.3. The number of aryl methyl sites for hydroxylation is 1. The van der Waals surface area contributed by atoms with E-state index < -0.39 is 17.5 Å². The number of esters is 1. The molecule has 2 N–H and O–H groups in total. The van der Waals surface area contributed by atoms with Crippen molar-refractivity contribution in [2.24, 2.45) is 10.2 Å². The van der Waals surface area contributed by atoms with Crippen molar-refractivity contribution in [2.75, 3.05) is 51.1 Å². The molecule has 2 aromatic rings. The predicted octanol–water partition coefficient (Wildman–Crippen LogP) is 6.64. The number of hydrogen-bond acceptors (Lipinski definition) is 13. The Morgan fingerprint density at radius 3 is 2.31 bits per heavy atom. The lowest BCUT2D eigenvalue weighted by atomic mass is 10.1. The number of azo groups is 1. The first-order chi connectivity index (χ1) is 22.9. The van der Waals surface area contributed by atoms with Gasteiger partial charge in [0.25, 0.3) is 0 Å². The van der Waals surface area contributed by atoms with Gasteiger partial charge in [-0.3, -0.25) is 0 Å². The summed E-state index contributed by atoms with van der Waals surface area (Å²) in [6.45, 7) is 14.0. The number of aliphatic hydroxyl groups is 1. The molecule has 15 heteroatoms. The van der Waals surface area contributed by atoms with Crippen LogP contribution in [0.1, 0.15) is 49.6 Å². The molecule has 0 radical (unpaired) electrons. The second-order valence-corrected chi connectivity index (χ2v) is 11.4. The lowest BCUT2D eigenvalue weighted by Crippen LogP contribution is -2.33. The molecular formula is C33H39ClN6O7S. The molecule has 2 rings (SSSR count). The second kappa shape index (κ2) is 22.8. The molecule has 256 valence electrons. The molecule has 0 atom stereocenters. The molecule has 0 unspecified atom stereocenters. The van der Waals surface area contributed by atoms with Crippen molar-refractivity contribution >= 4 is 57.3 Å². The number of ether oxygens (including phenoxy) is 3. The maximum absolute atomic E-state index is 11.1. The third-order valence-corrected chi connectivity index (χ3v) is 7.70. The van der Waals surface area contributed by atoms with E-state index in [9.17, 15) is 20.0 Å². The second-order valence-electron chi connectivity index (χ2n) is 10.0. The van der Waals surface area contributed by atoms with Gasteiger partial charge in [0.15, 0.2) is 5.00 Å². The number of carbonyl (C=O) groups is 2. The fourth-order valence-corrected chi connectivity index (χ4v) is 4.93. The van der Waals surface area contributed by atoms with Crippen molar-refractivity contribution < 1.29 is 34.0 Å². The van der Waals surface area contributed by atoms with Crippen LogP contribution in [0, 0.1) is 40.9 Å². The van der Waals surface area contributed by atoms with Crippen LogP contribution in [-0.4, -0.2) is 74.4 Å². The molecule has 1 aromatic carbocycles. The van der Waals surface area contributed by atoms with E-state index in [-0.39, 0.29) is 45.3 Å². The summed E-state index contributed by atoms with van der Waals surface area (Å²) in [6.07, 6.45) is 3.27. The average molecular weight is 699 g/mol. The average Bonchev–Trinajstić information content (AvgIpc) is 3.37. The van der Waals surface area contributed by atoms with Crippen LogP contribution >= 0.6 is 22.9 Å². The third-order valence-electron chi connectivity index (χ3n) is 6.18. The smallest absolute Gasteiger partial charge is 0.348 e. The Bertz CT molecular complexity index is 1580. The topological polar surface area (TPSA) is 202 Å². The minimum atomic E-state index is -1.39. The van der Waals surface area contributed by atoms with Crippen LogP contribution in [-0.2, 0) is 23.8 Å². The zero-order valence-corrected chi connectivity index (χ0v) is 28.9. The van der Waals surface area contributed by atoms with Crippen molar-refractivity contribution in [3.8, 4) is 18.2 Å². The number of nitrogens with zero attached hydrogens (tertiary/aromatic N) is 6. The normalized spacial score (nSPS) is 10.9. The number of benzene rings is 1. The summed E-state index contributed by atoms with van der Waals surface area (Å²) in [5, 5.41) is 53.6. The Hall–Kier alpha value is -4.62. The van der Waals surface area contributed by atoms with Gasteiger partial charge in [0.05, 0.1) is 42.0 Å². The molecule has 0 aliphatic carbocycles. The van der Waals surface area contributed by atoms with Gasteiger partial charge in [-0.05, 0) is 57.0 Å². The summed E-state index contributed by atoms with van der Waals surface area (Å²) in [7, 11) is 0. The number of aliphatic carboxylic acids is 1. The lowest BCUT2D eigenvalue weighted by molar-refractivity contribution is -0.140. The molecule has 0 fully saturated rings. The van der Waals surface area contributed by atoms with Crippen molar-refractivity contribution in [1.29, 1.82) is 15.8 Å². The summed E-state index contributed by atoms with van der Waals surface area (Å²) in [5.41, 5.74) is 1.75. The minimum absolute atomic E-state index is 0.0269. The van der Waals surface area contributed by atoms with Crippen molar-refractivity contribution in [3.05, 3.63) is 57.0 Å². The van der Waals surface area contributed by atoms with E-state index in [0.717, 1.165) is 48.1 Å². The number of aliphatic hydroxyl groups excluding tert-OH is 1. The standard InChI is InChI=1S/C21H20ClN5O3S.C12H19NO4/c1-12(2)27(6-7-28)15-4-5-17(13(3)8-15)25-26-20-16(11-24)19(22)18(31-20)9-14(10-23)21(29)30;1-3-4-5-15-6-7-16-8-9-17-12(14)11(2)10-13/h4-5,8-9,12,28H,6-7H2,1-3H3,(H,29,30);2-9H2,1H3/b14-9+,26-25?;. The first-order valence-corrected chi connectivity index (χ1v) is 16.0. The summed E-state index contributed by atoms with van der Waals surface area (Å²) >= 11 is 7.15. The van der Waals surface area contributed by atoms with Crippen LogP contribution in [0.2, 0.25) is 5.02 Å². The number of carboxylic acid groups (broad SMARTS) is 1. The summed E-state index contributed by atoms with van der Waals surface area (Å²) in [6, 6.07) is 11.0. The number of nitriles is 3. The predicted molar refractivity (Wildman–Crippen MR) is 182 cm³/mol. The molecule has 0 bridgehead atoms. The van der Waals surface area contributed by atoms with E-state index in [0.29, 0.717) is 32.1 Å². The number of anilines is 1. The Kier molecular flexibility index (Phi) is 19.7. The lowest BCUT2D eigenvalue weighted by Gasteiger charge is -2.28. The highest BCUT2D eigenvalue weighted by Crippen LogP contribution is 2.41. The first-order valence-electron chi connectivity index (χ1n) is 14.8.